The first kappa shape index (κ1) is 17.8. The topological polar surface area (TPSA) is 78.5 Å². The van der Waals surface area contributed by atoms with Gasteiger partial charge < -0.3 is 19.4 Å². The quantitative estimate of drug-likeness (QED) is 0.674. The number of carbonyl (C=O) groups is 1. The van der Waals surface area contributed by atoms with Crippen molar-refractivity contribution in [1.29, 1.82) is 5.26 Å². The molecule has 134 valence electrons. The van der Waals surface area contributed by atoms with Crippen LogP contribution in [0.5, 0.6) is 0 Å². The molecule has 3 rings (SSSR count). The third-order valence-electron chi connectivity index (χ3n) is 4.10. The summed E-state index contributed by atoms with van der Waals surface area (Å²) in [7, 11) is 0. The number of benzene rings is 1. The molecular weight excluding hydrogens is 330 g/mol. The number of ether oxygens (including phenoxy) is 1. The van der Waals surface area contributed by atoms with Gasteiger partial charge in [0.2, 0.25) is 0 Å². The van der Waals surface area contributed by atoms with Crippen LogP contribution in [0.15, 0.2) is 52.7 Å². The third-order valence-corrected chi connectivity index (χ3v) is 4.10. The van der Waals surface area contributed by atoms with Gasteiger partial charge in [-0.3, -0.25) is 4.79 Å². The zero-order chi connectivity index (χ0) is 18.5. The van der Waals surface area contributed by atoms with Crippen LogP contribution >= 0.6 is 0 Å². The van der Waals surface area contributed by atoms with E-state index in [1.54, 1.807) is 12.1 Å². The Morgan fingerprint density at radius 2 is 1.92 bits per heavy atom. The van der Waals surface area contributed by atoms with Crippen molar-refractivity contribution in [3.8, 4) is 6.07 Å². The number of carbonyl (C=O) groups excluding carboxylic acids is 1. The zero-order valence-electron chi connectivity index (χ0n) is 14.8. The smallest absolute Gasteiger partial charge is 0.266 e. The molecule has 26 heavy (non-hydrogen) atoms. The Labute approximate surface area is 152 Å². The average molecular weight is 351 g/mol. The predicted molar refractivity (Wildman–Crippen MR) is 99.6 cm³/mol. The molecule has 1 aliphatic rings. The van der Waals surface area contributed by atoms with Crippen molar-refractivity contribution in [2.75, 3.05) is 23.3 Å². The summed E-state index contributed by atoms with van der Waals surface area (Å²) >= 11 is 0. The maximum absolute atomic E-state index is 12.3. The van der Waals surface area contributed by atoms with Gasteiger partial charge in [-0.2, -0.15) is 5.26 Å². The van der Waals surface area contributed by atoms with E-state index in [1.807, 2.05) is 30.3 Å². The molecule has 6 heteroatoms. The molecule has 0 saturated carbocycles. The highest BCUT2D eigenvalue weighted by Gasteiger charge is 2.22. The highest BCUT2D eigenvalue weighted by molar-refractivity contribution is 6.09. The van der Waals surface area contributed by atoms with Crippen LogP contribution in [0.1, 0.15) is 19.6 Å². The lowest BCUT2D eigenvalue weighted by Gasteiger charge is -2.36. The summed E-state index contributed by atoms with van der Waals surface area (Å²) in [6.45, 7) is 5.79. The van der Waals surface area contributed by atoms with Crippen molar-refractivity contribution in [1.82, 2.24) is 0 Å². The molecule has 0 unspecified atom stereocenters. The summed E-state index contributed by atoms with van der Waals surface area (Å²) in [5.74, 6) is -0.00660. The fraction of sp³-hybridized carbons (Fsp3) is 0.300. The van der Waals surface area contributed by atoms with Gasteiger partial charge in [0.05, 0.1) is 18.5 Å². The highest BCUT2D eigenvalue weighted by Crippen LogP contribution is 2.22. The number of anilines is 2. The molecule has 6 nitrogen and oxygen atoms in total. The Kier molecular flexibility index (Phi) is 5.40. The summed E-state index contributed by atoms with van der Waals surface area (Å²) in [6.07, 6.45) is 3.27. The number of furan rings is 1. The average Bonchev–Trinajstić information content (AvgIpc) is 3.12. The maximum Gasteiger partial charge on any atom is 0.266 e. The van der Waals surface area contributed by atoms with Gasteiger partial charge >= 0.3 is 0 Å². The Morgan fingerprint density at radius 1 is 1.23 bits per heavy atom. The zero-order valence-corrected chi connectivity index (χ0v) is 14.8. The van der Waals surface area contributed by atoms with Crippen molar-refractivity contribution in [2.24, 2.45) is 0 Å². The van der Waals surface area contributed by atoms with E-state index >= 15 is 0 Å². The number of hydrogen-bond acceptors (Lipinski definition) is 5. The van der Waals surface area contributed by atoms with Crippen LogP contribution in [0.4, 0.5) is 11.4 Å². The third kappa shape index (κ3) is 4.32. The van der Waals surface area contributed by atoms with Crippen LogP contribution in [0.25, 0.3) is 6.08 Å². The van der Waals surface area contributed by atoms with Crippen molar-refractivity contribution < 1.29 is 13.9 Å². The van der Waals surface area contributed by atoms with Crippen LogP contribution in [0, 0.1) is 11.3 Å². The van der Waals surface area contributed by atoms with Gasteiger partial charge in [-0.1, -0.05) is 0 Å². The number of morpholine rings is 1. The SMILES string of the molecule is C[C@@H]1CN(c2ccc(NC(=O)/C(C#N)=C/c3ccco3)cc2)C[C@H](C)O1. The second-order valence-corrected chi connectivity index (χ2v) is 6.35. The van der Waals surface area contributed by atoms with Crippen LogP contribution < -0.4 is 10.2 Å². The Bertz CT molecular complexity index is 809. The van der Waals surface area contributed by atoms with Gasteiger partial charge in [0.1, 0.15) is 17.4 Å². The van der Waals surface area contributed by atoms with Gasteiger partial charge in [-0.15, -0.1) is 0 Å². The molecule has 1 fully saturated rings. The monoisotopic (exact) mass is 351 g/mol. The summed E-state index contributed by atoms with van der Waals surface area (Å²) in [5, 5.41) is 11.9. The Morgan fingerprint density at radius 3 is 2.50 bits per heavy atom. The molecule has 0 bridgehead atoms. The second kappa shape index (κ2) is 7.89. The molecule has 0 aliphatic carbocycles. The first-order chi connectivity index (χ1) is 12.5. The molecule has 2 heterocycles. The number of amides is 1. The largest absolute Gasteiger partial charge is 0.465 e. The Balaban J connectivity index is 1.67. The Hall–Kier alpha value is -3.04. The first-order valence-electron chi connectivity index (χ1n) is 8.52. The van der Waals surface area contributed by atoms with Crippen molar-refractivity contribution >= 4 is 23.4 Å². The summed E-state index contributed by atoms with van der Waals surface area (Å²) in [4.78, 5) is 14.5. The number of nitriles is 1. The normalized spacial score (nSPS) is 20.5. The number of nitrogens with one attached hydrogen (secondary N) is 1. The second-order valence-electron chi connectivity index (χ2n) is 6.35. The van der Waals surface area contributed by atoms with Crippen molar-refractivity contribution in [3.05, 3.63) is 54.0 Å². The molecule has 1 N–H and O–H groups in total. The minimum atomic E-state index is -0.467. The fourth-order valence-electron chi connectivity index (χ4n) is 3.01. The van der Waals surface area contributed by atoms with Gasteiger partial charge in [0.15, 0.2) is 0 Å². The van der Waals surface area contributed by atoms with Crippen LogP contribution in [0.3, 0.4) is 0 Å². The van der Waals surface area contributed by atoms with Crippen LogP contribution in [0.2, 0.25) is 0 Å². The molecule has 1 saturated heterocycles. The predicted octanol–water partition coefficient (Wildman–Crippen LogP) is 3.44. The molecule has 1 aliphatic heterocycles. The highest BCUT2D eigenvalue weighted by atomic mass is 16.5. The van der Waals surface area contributed by atoms with E-state index in [4.69, 9.17) is 9.15 Å². The van der Waals surface area contributed by atoms with E-state index in [-0.39, 0.29) is 17.8 Å². The number of hydrogen-bond donors (Lipinski definition) is 1. The van der Waals surface area contributed by atoms with E-state index < -0.39 is 5.91 Å². The van der Waals surface area contributed by atoms with E-state index in [1.165, 1.54) is 12.3 Å². The van der Waals surface area contributed by atoms with Crippen molar-refractivity contribution in [2.45, 2.75) is 26.1 Å². The lowest BCUT2D eigenvalue weighted by Crippen LogP contribution is -2.45. The van der Waals surface area contributed by atoms with Gasteiger partial charge in [0, 0.05) is 30.5 Å². The van der Waals surface area contributed by atoms with Gasteiger partial charge in [0.25, 0.3) is 5.91 Å². The minimum absolute atomic E-state index is 0.0140. The molecular formula is C20H21N3O3. The van der Waals surface area contributed by atoms with Crippen molar-refractivity contribution in [3.63, 3.8) is 0 Å². The molecule has 1 amide bonds. The lowest BCUT2D eigenvalue weighted by molar-refractivity contribution is -0.112. The fourth-order valence-corrected chi connectivity index (χ4v) is 3.01. The molecule has 2 atom stereocenters. The van der Waals surface area contributed by atoms with E-state index in [9.17, 15) is 10.1 Å². The maximum atomic E-state index is 12.3. The minimum Gasteiger partial charge on any atom is -0.465 e. The molecule has 0 spiro atoms. The van der Waals surface area contributed by atoms with E-state index in [0.717, 1.165) is 18.8 Å². The van der Waals surface area contributed by atoms with Gasteiger partial charge in [-0.05, 0) is 50.2 Å². The number of rotatable bonds is 4. The van der Waals surface area contributed by atoms with Gasteiger partial charge in [-0.25, -0.2) is 0 Å². The summed E-state index contributed by atoms with van der Waals surface area (Å²) in [5.41, 5.74) is 1.70. The molecule has 2 aromatic rings. The van der Waals surface area contributed by atoms with Crippen LogP contribution in [-0.4, -0.2) is 31.2 Å². The first-order valence-corrected chi connectivity index (χ1v) is 8.52. The lowest BCUT2D eigenvalue weighted by atomic mass is 10.2. The molecule has 1 aromatic carbocycles. The summed E-state index contributed by atoms with van der Waals surface area (Å²) in [6, 6.07) is 12.9. The summed E-state index contributed by atoms with van der Waals surface area (Å²) < 4.78 is 10.9. The van der Waals surface area contributed by atoms with E-state index in [0.29, 0.717) is 11.4 Å². The molecule has 1 aromatic heterocycles. The standard InChI is InChI=1S/C20H21N3O3/c1-14-12-23(13-15(2)26-14)18-7-5-17(6-8-18)22-20(24)16(11-21)10-19-4-3-9-25-19/h3-10,14-15H,12-13H2,1-2H3,(H,22,24)/b16-10+/t14-,15+. The number of nitrogens with zero attached hydrogens (tertiary/aromatic N) is 2. The van der Waals surface area contributed by atoms with E-state index in [2.05, 4.69) is 24.1 Å². The molecule has 0 radical (unpaired) electrons. The van der Waals surface area contributed by atoms with Crippen LogP contribution in [-0.2, 0) is 9.53 Å².